The summed E-state index contributed by atoms with van der Waals surface area (Å²) < 4.78 is 11.2. The van der Waals surface area contributed by atoms with Crippen molar-refractivity contribution in [2.75, 3.05) is 38.2 Å². The molecule has 0 amide bonds. The van der Waals surface area contributed by atoms with Crippen LogP contribution >= 0.6 is 11.3 Å². The summed E-state index contributed by atoms with van der Waals surface area (Å²) in [5, 5.41) is 3.15. The van der Waals surface area contributed by atoms with E-state index in [9.17, 15) is 0 Å². The quantitative estimate of drug-likeness (QED) is 0.685. The van der Waals surface area contributed by atoms with Crippen molar-refractivity contribution in [3.05, 3.63) is 47.9 Å². The van der Waals surface area contributed by atoms with Crippen molar-refractivity contribution >= 4 is 16.5 Å². The van der Waals surface area contributed by atoms with Crippen molar-refractivity contribution in [3.63, 3.8) is 0 Å². The van der Waals surface area contributed by atoms with Gasteiger partial charge < -0.3 is 14.1 Å². The molecule has 3 aromatic rings. The molecule has 1 aliphatic heterocycles. The molecule has 4 rings (SSSR count). The van der Waals surface area contributed by atoms with E-state index in [1.807, 2.05) is 35.8 Å². The van der Waals surface area contributed by atoms with Gasteiger partial charge in [0.05, 0.1) is 19.9 Å². The normalized spacial score (nSPS) is 15.8. The third-order valence-corrected chi connectivity index (χ3v) is 5.40. The lowest BCUT2D eigenvalue weighted by Gasteiger charge is -2.20. The number of ether oxygens (including phenoxy) is 1. The van der Waals surface area contributed by atoms with Gasteiger partial charge in [-0.3, -0.25) is 4.90 Å². The molecule has 1 saturated heterocycles. The van der Waals surface area contributed by atoms with Crippen LogP contribution in [-0.4, -0.2) is 48.2 Å². The van der Waals surface area contributed by atoms with Crippen LogP contribution in [0.1, 0.15) is 12.3 Å². The van der Waals surface area contributed by atoms with Crippen molar-refractivity contribution in [3.8, 4) is 17.1 Å². The number of hydrogen-bond donors (Lipinski definition) is 0. The van der Waals surface area contributed by atoms with Crippen LogP contribution in [-0.2, 0) is 6.54 Å². The molecule has 136 valence electrons. The minimum atomic E-state index is 0.738. The van der Waals surface area contributed by atoms with Gasteiger partial charge in [-0.15, -0.1) is 11.3 Å². The molecule has 7 heteroatoms. The third kappa shape index (κ3) is 3.89. The molecule has 3 heterocycles. The Balaban J connectivity index is 1.37. The first-order valence-corrected chi connectivity index (χ1v) is 9.66. The Hall–Kier alpha value is -2.38. The van der Waals surface area contributed by atoms with Crippen LogP contribution in [0.4, 0.5) is 5.13 Å². The van der Waals surface area contributed by atoms with Gasteiger partial charge in [-0.2, -0.15) is 0 Å². The largest absolute Gasteiger partial charge is 0.497 e. The summed E-state index contributed by atoms with van der Waals surface area (Å²) >= 11 is 1.70. The van der Waals surface area contributed by atoms with Crippen LogP contribution in [0.25, 0.3) is 11.3 Å². The number of methoxy groups -OCH3 is 1. The minimum Gasteiger partial charge on any atom is -0.497 e. The molecule has 0 spiro atoms. The van der Waals surface area contributed by atoms with Gasteiger partial charge in [0, 0.05) is 43.3 Å². The first-order chi connectivity index (χ1) is 12.8. The Morgan fingerprint density at radius 3 is 2.77 bits per heavy atom. The third-order valence-electron chi connectivity index (χ3n) is 4.57. The Bertz CT molecular complexity index is 816. The Morgan fingerprint density at radius 1 is 1.12 bits per heavy atom. The summed E-state index contributed by atoms with van der Waals surface area (Å²) in [6.07, 6.45) is 4.79. The van der Waals surface area contributed by atoms with Crippen LogP contribution < -0.4 is 9.64 Å². The monoisotopic (exact) mass is 370 g/mol. The summed E-state index contributed by atoms with van der Waals surface area (Å²) in [5.74, 6) is 2.39. The number of thiazole rings is 1. The fourth-order valence-electron chi connectivity index (χ4n) is 3.16. The van der Waals surface area contributed by atoms with Gasteiger partial charge in [-0.25, -0.2) is 9.97 Å². The van der Waals surface area contributed by atoms with E-state index in [4.69, 9.17) is 9.15 Å². The molecule has 0 radical (unpaired) electrons. The lowest BCUT2D eigenvalue weighted by atomic mass is 10.2. The van der Waals surface area contributed by atoms with E-state index in [1.54, 1.807) is 24.6 Å². The molecule has 6 nitrogen and oxygen atoms in total. The van der Waals surface area contributed by atoms with Crippen LogP contribution in [0.5, 0.6) is 5.75 Å². The highest BCUT2D eigenvalue weighted by Gasteiger charge is 2.18. The van der Waals surface area contributed by atoms with E-state index in [0.29, 0.717) is 0 Å². The van der Waals surface area contributed by atoms with Crippen LogP contribution in [0.15, 0.2) is 46.5 Å². The zero-order valence-electron chi connectivity index (χ0n) is 14.8. The standard InChI is InChI=1S/C19H22N4O2S/c1-24-16-5-3-15(4-6-16)17-13-21-18(25-17)14-22-8-2-9-23(11-10-22)19-20-7-12-26-19/h3-7,12-13H,2,8-11,14H2,1H3. The summed E-state index contributed by atoms with van der Waals surface area (Å²) in [4.78, 5) is 13.7. The van der Waals surface area contributed by atoms with Gasteiger partial charge >= 0.3 is 0 Å². The predicted octanol–water partition coefficient (Wildman–Crippen LogP) is 3.52. The van der Waals surface area contributed by atoms with Crippen molar-refractivity contribution in [2.45, 2.75) is 13.0 Å². The molecule has 0 saturated carbocycles. The number of nitrogens with zero attached hydrogens (tertiary/aromatic N) is 4. The van der Waals surface area contributed by atoms with Crippen LogP contribution in [0, 0.1) is 0 Å². The molecule has 1 fully saturated rings. The second-order valence-electron chi connectivity index (χ2n) is 6.28. The van der Waals surface area contributed by atoms with Gasteiger partial charge in [0.2, 0.25) is 5.89 Å². The second-order valence-corrected chi connectivity index (χ2v) is 7.15. The van der Waals surface area contributed by atoms with Gasteiger partial charge in [0.1, 0.15) is 5.75 Å². The molecule has 0 atom stereocenters. The van der Waals surface area contributed by atoms with Gasteiger partial charge in [-0.1, -0.05) is 0 Å². The summed E-state index contributed by atoms with van der Waals surface area (Å²) in [5.41, 5.74) is 1.01. The fraction of sp³-hybridized carbons (Fsp3) is 0.368. The van der Waals surface area contributed by atoms with E-state index in [1.165, 1.54) is 0 Å². The van der Waals surface area contributed by atoms with Crippen LogP contribution in [0.2, 0.25) is 0 Å². The number of benzene rings is 1. The van der Waals surface area contributed by atoms with E-state index in [2.05, 4.69) is 19.8 Å². The minimum absolute atomic E-state index is 0.738. The zero-order chi connectivity index (χ0) is 17.8. The smallest absolute Gasteiger partial charge is 0.209 e. The fourth-order valence-corrected chi connectivity index (χ4v) is 3.85. The SMILES string of the molecule is COc1ccc(-c2cnc(CN3CCCN(c4nccs4)CC3)o2)cc1. The number of aromatic nitrogens is 2. The molecular formula is C19H22N4O2S. The molecular weight excluding hydrogens is 348 g/mol. The average Bonchev–Trinajstić information content (AvgIpc) is 3.32. The van der Waals surface area contributed by atoms with Gasteiger partial charge in [0.15, 0.2) is 10.9 Å². The number of rotatable bonds is 5. The maximum absolute atomic E-state index is 5.97. The highest BCUT2D eigenvalue weighted by molar-refractivity contribution is 7.13. The molecule has 0 N–H and O–H groups in total. The van der Waals surface area contributed by atoms with Crippen molar-refractivity contribution in [2.24, 2.45) is 0 Å². The Labute approximate surface area is 157 Å². The predicted molar refractivity (Wildman–Crippen MR) is 103 cm³/mol. The number of hydrogen-bond acceptors (Lipinski definition) is 7. The number of oxazole rings is 1. The molecule has 0 aliphatic carbocycles. The number of anilines is 1. The van der Waals surface area contributed by atoms with E-state index in [-0.39, 0.29) is 0 Å². The first-order valence-electron chi connectivity index (χ1n) is 8.78. The average molecular weight is 370 g/mol. The summed E-state index contributed by atoms with van der Waals surface area (Å²) in [7, 11) is 1.67. The second kappa shape index (κ2) is 7.88. The van der Waals surface area contributed by atoms with E-state index in [0.717, 1.165) is 67.2 Å². The lowest BCUT2D eigenvalue weighted by molar-refractivity contribution is 0.256. The molecule has 1 aromatic carbocycles. The molecule has 0 bridgehead atoms. The molecule has 2 aromatic heterocycles. The Kier molecular flexibility index (Phi) is 5.17. The highest BCUT2D eigenvalue weighted by Crippen LogP contribution is 2.24. The Morgan fingerprint density at radius 2 is 2.00 bits per heavy atom. The lowest BCUT2D eigenvalue weighted by Crippen LogP contribution is -2.30. The zero-order valence-corrected chi connectivity index (χ0v) is 15.6. The van der Waals surface area contributed by atoms with E-state index < -0.39 is 0 Å². The van der Waals surface area contributed by atoms with Crippen molar-refractivity contribution in [1.82, 2.24) is 14.9 Å². The first kappa shape index (κ1) is 17.1. The van der Waals surface area contributed by atoms with E-state index >= 15 is 0 Å². The highest BCUT2D eigenvalue weighted by atomic mass is 32.1. The van der Waals surface area contributed by atoms with Crippen molar-refractivity contribution in [1.29, 1.82) is 0 Å². The van der Waals surface area contributed by atoms with Crippen molar-refractivity contribution < 1.29 is 9.15 Å². The summed E-state index contributed by atoms with van der Waals surface area (Å²) in [6, 6.07) is 7.83. The van der Waals surface area contributed by atoms with Crippen LogP contribution in [0.3, 0.4) is 0 Å². The molecule has 1 aliphatic rings. The van der Waals surface area contributed by atoms with Gasteiger partial charge in [-0.05, 0) is 30.7 Å². The van der Waals surface area contributed by atoms with Gasteiger partial charge in [0.25, 0.3) is 0 Å². The summed E-state index contributed by atoms with van der Waals surface area (Å²) in [6.45, 7) is 4.80. The topological polar surface area (TPSA) is 54.6 Å². The molecule has 26 heavy (non-hydrogen) atoms. The maximum atomic E-state index is 5.97. The molecule has 0 unspecified atom stereocenters. The maximum Gasteiger partial charge on any atom is 0.209 e.